The van der Waals surface area contributed by atoms with Gasteiger partial charge in [-0.25, -0.2) is 4.39 Å². The van der Waals surface area contributed by atoms with Crippen LogP contribution in [0, 0.1) is 5.82 Å². The number of carbonyl (C=O) groups is 1. The highest BCUT2D eigenvalue weighted by molar-refractivity contribution is 6.34. The maximum absolute atomic E-state index is 14.0. The summed E-state index contributed by atoms with van der Waals surface area (Å²) in [5, 5.41) is 4.24. The van der Waals surface area contributed by atoms with Crippen molar-refractivity contribution in [3.8, 4) is 5.75 Å². The summed E-state index contributed by atoms with van der Waals surface area (Å²) in [5.74, 6) is -0.999. The van der Waals surface area contributed by atoms with Crippen LogP contribution in [-0.4, -0.2) is 22.7 Å². The van der Waals surface area contributed by atoms with Gasteiger partial charge in [-0.15, -0.1) is 0 Å². The van der Waals surface area contributed by atoms with Crippen molar-refractivity contribution in [3.05, 3.63) is 46.5 Å². The molecule has 0 saturated heterocycles. The first-order valence-corrected chi connectivity index (χ1v) is 6.56. The van der Waals surface area contributed by atoms with Crippen LogP contribution in [0.1, 0.15) is 29.4 Å². The van der Waals surface area contributed by atoms with Crippen LogP contribution < -0.4 is 4.74 Å². The normalized spacial score (nSPS) is 10.6. The van der Waals surface area contributed by atoms with Gasteiger partial charge in [-0.3, -0.25) is 9.48 Å². The van der Waals surface area contributed by atoms with E-state index in [-0.39, 0.29) is 22.0 Å². The van der Waals surface area contributed by atoms with Gasteiger partial charge in [0.15, 0.2) is 0 Å². The molecule has 0 aliphatic carbocycles. The van der Waals surface area contributed by atoms with Gasteiger partial charge in [0.05, 0.1) is 18.3 Å². The largest absolute Gasteiger partial charge is 0.496 e. The summed E-state index contributed by atoms with van der Waals surface area (Å²) >= 11 is 6.01. The molecule has 0 bridgehead atoms. The van der Waals surface area contributed by atoms with Gasteiger partial charge in [0.2, 0.25) is 5.78 Å². The summed E-state index contributed by atoms with van der Waals surface area (Å²) in [7, 11) is 1.39. The molecule has 106 valence electrons. The second-order valence-corrected chi connectivity index (χ2v) is 4.62. The van der Waals surface area contributed by atoms with Crippen molar-refractivity contribution in [1.29, 1.82) is 0 Å². The van der Waals surface area contributed by atoms with E-state index in [2.05, 4.69) is 5.10 Å². The van der Waals surface area contributed by atoms with Crippen LogP contribution in [0.5, 0.6) is 5.75 Å². The molecule has 20 heavy (non-hydrogen) atoms. The van der Waals surface area contributed by atoms with Gasteiger partial charge in [-0.1, -0.05) is 24.6 Å². The lowest BCUT2D eigenvalue weighted by atomic mass is 10.1. The molecule has 0 aliphatic heterocycles. The number of ketones is 1. The number of rotatable bonds is 5. The van der Waals surface area contributed by atoms with Crippen LogP contribution in [0.3, 0.4) is 0 Å². The van der Waals surface area contributed by atoms with Crippen LogP contribution >= 0.6 is 11.6 Å². The molecule has 0 N–H and O–H groups in total. The topological polar surface area (TPSA) is 44.1 Å². The van der Waals surface area contributed by atoms with Crippen molar-refractivity contribution < 1.29 is 13.9 Å². The maximum Gasteiger partial charge on any atom is 0.219 e. The van der Waals surface area contributed by atoms with E-state index in [1.54, 1.807) is 0 Å². The Balaban J connectivity index is 2.55. The van der Waals surface area contributed by atoms with Gasteiger partial charge in [0.25, 0.3) is 0 Å². The minimum atomic E-state index is -0.644. The molecule has 0 fully saturated rings. The molecule has 0 amide bonds. The zero-order valence-electron chi connectivity index (χ0n) is 11.2. The van der Waals surface area contributed by atoms with Crippen LogP contribution in [0.15, 0.2) is 24.4 Å². The van der Waals surface area contributed by atoms with Crippen molar-refractivity contribution in [3.63, 3.8) is 0 Å². The average molecular weight is 297 g/mol. The number of halogens is 2. The number of hydrogen-bond acceptors (Lipinski definition) is 3. The third-order valence-electron chi connectivity index (χ3n) is 2.87. The van der Waals surface area contributed by atoms with E-state index in [1.165, 1.54) is 36.2 Å². The Morgan fingerprint density at radius 2 is 2.25 bits per heavy atom. The lowest BCUT2D eigenvalue weighted by Gasteiger charge is -2.10. The van der Waals surface area contributed by atoms with E-state index in [4.69, 9.17) is 16.3 Å². The Kier molecular flexibility index (Phi) is 4.39. The fraction of sp³-hybridized carbons (Fsp3) is 0.286. The van der Waals surface area contributed by atoms with Gasteiger partial charge in [0.1, 0.15) is 22.8 Å². The van der Waals surface area contributed by atoms with Crippen molar-refractivity contribution in [2.45, 2.75) is 19.9 Å². The molecular weight excluding hydrogens is 283 g/mol. The van der Waals surface area contributed by atoms with Crippen LogP contribution in [-0.2, 0) is 6.54 Å². The van der Waals surface area contributed by atoms with Crippen molar-refractivity contribution in [2.24, 2.45) is 0 Å². The highest BCUT2D eigenvalue weighted by Gasteiger charge is 2.25. The molecule has 2 aromatic rings. The van der Waals surface area contributed by atoms with Crippen LogP contribution in [0.2, 0.25) is 5.02 Å². The van der Waals surface area contributed by atoms with Crippen molar-refractivity contribution in [1.82, 2.24) is 9.78 Å². The van der Waals surface area contributed by atoms with Gasteiger partial charge in [-0.2, -0.15) is 5.10 Å². The zero-order valence-corrected chi connectivity index (χ0v) is 11.9. The number of ether oxygens (including phenoxy) is 1. The minimum Gasteiger partial charge on any atom is -0.496 e. The van der Waals surface area contributed by atoms with E-state index in [0.717, 1.165) is 6.42 Å². The molecule has 0 radical (unpaired) electrons. The number of aryl methyl sites for hydroxylation is 1. The quantitative estimate of drug-likeness (QED) is 0.795. The first-order valence-electron chi connectivity index (χ1n) is 6.18. The molecule has 6 heteroatoms. The average Bonchev–Trinajstić information content (AvgIpc) is 2.79. The lowest BCUT2D eigenvalue weighted by Crippen LogP contribution is -2.14. The van der Waals surface area contributed by atoms with E-state index in [1.807, 2.05) is 6.92 Å². The second-order valence-electron chi connectivity index (χ2n) is 4.21. The molecule has 0 unspecified atom stereocenters. The lowest BCUT2D eigenvalue weighted by molar-refractivity contribution is 0.102. The Hall–Kier alpha value is -1.88. The summed E-state index contributed by atoms with van der Waals surface area (Å²) < 4.78 is 20.5. The van der Waals surface area contributed by atoms with Crippen molar-refractivity contribution >= 4 is 17.4 Å². The molecule has 2 rings (SSSR count). The van der Waals surface area contributed by atoms with Crippen molar-refractivity contribution in [2.75, 3.05) is 7.11 Å². The fourth-order valence-corrected chi connectivity index (χ4v) is 2.21. The number of benzene rings is 1. The minimum absolute atomic E-state index is 0.130. The predicted molar refractivity (Wildman–Crippen MR) is 73.9 cm³/mol. The monoisotopic (exact) mass is 296 g/mol. The van der Waals surface area contributed by atoms with Gasteiger partial charge in [-0.05, 0) is 18.6 Å². The summed E-state index contributed by atoms with van der Waals surface area (Å²) in [6.45, 7) is 2.48. The highest BCUT2D eigenvalue weighted by Crippen LogP contribution is 2.27. The molecule has 0 spiro atoms. The van der Waals surface area contributed by atoms with Gasteiger partial charge in [0, 0.05) is 6.54 Å². The van der Waals surface area contributed by atoms with Gasteiger partial charge < -0.3 is 4.74 Å². The molecule has 1 aromatic heterocycles. The number of carbonyl (C=O) groups excluding carboxylic acids is 1. The number of methoxy groups -OCH3 is 1. The molecule has 4 nitrogen and oxygen atoms in total. The maximum atomic E-state index is 14.0. The molecule has 1 aromatic carbocycles. The first-order chi connectivity index (χ1) is 9.60. The van der Waals surface area contributed by atoms with Crippen LogP contribution in [0.25, 0.3) is 0 Å². The van der Waals surface area contributed by atoms with Crippen LogP contribution in [0.4, 0.5) is 4.39 Å². The van der Waals surface area contributed by atoms with E-state index >= 15 is 0 Å². The summed E-state index contributed by atoms with van der Waals surface area (Å²) in [4.78, 5) is 12.6. The van der Waals surface area contributed by atoms with E-state index < -0.39 is 11.6 Å². The summed E-state index contributed by atoms with van der Waals surface area (Å²) in [5.41, 5.74) is 0.0478. The standard InChI is InChI=1S/C14H14ClFN2O2/c1-3-7-18-13(9(15)8-17-18)14(19)12-10(16)5-4-6-11(12)20-2/h4-6,8H,3,7H2,1-2H3. The first kappa shape index (κ1) is 14.5. The van der Waals surface area contributed by atoms with E-state index in [9.17, 15) is 9.18 Å². The number of aromatic nitrogens is 2. The smallest absolute Gasteiger partial charge is 0.219 e. The fourth-order valence-electron chi connectivity index (χ4n) is 1.98. The number of hydrogen-bond donors (Lipinski definition) is 0. The third kappa shape index (κ3) is 2.54. The third-order valence-corrected chi connectivity index (χ3v) is 3.14. The molecule has 0 aliphatic rings. The highest BCUT2D eigenvalue weighted by atomic mass is 35.5. The Labute approximate surface area is 121 Å². The molecular formula is C14H14ClFN2O2. The zero-order chi connectivity index (χ0) is 14.7. The SMILES string of the molecule is CCCn1ncc(Cl)c1C(=O)c1c(F)cccc1OC. The summed E-state index contributed by atoms with van der Waals surface area (Å²) in [6.07, 6.45) is 2.17. The van der Waals surface area contributed by atoms with E-state index in [0.29, 0.717) is 6.54 Å². The Bertz CT molecular complexity index is 640. The Morgan fingerprint density at radius 1 is 1.50 bits per heavy atom. The predicted octanol–water partition coefficient (Wildman–Crippen LogP) is 3.33. The Morgan fingerprint density at radius 3 is 2.90 bits per heavy atom. The molecule has 0 saturated carbocycles. The van der Waals surface area contributed by atoms with Gasteiger partial charge >= 0.3 is 0 Å². The molecule has 1 heterocycles. The summed E-state index contributed by atoms with van der Waals surface area (Å²) in [6, 6.07) is 4.23. The number of nitrogens with zero attached hydrogens (tertiary/aromatic N) is 2. The molecule has 0 atom stereocenters. The second kappa shape index (κ2) is 6.05.